The van der Waals surface area contributed by atoms with E-state index >= 15 is 0 Å². The van der Waals surface area contributed by atoms with Crippen LogP contribution in [0.5, 0.6) is 0 Å². The van der Waals surface area contributed by atoms with Crippen molar-refractivity contribution in [3.05, 3.63) is 0 Å². The Balaban J connectivity index is 3.06. The molecule has 0 atom stereocenters. The lowest BCUT2D eigenvalue weighted by Crippen LogP contribution is -1.98. The predicted octanol–water partition coefficient (Wildman–Crippen LogP) is 1.75. The Labute approximate surface area is 95.9 Å². The molecule has 0 aromatic rings. The average Bonchev–Trinajstić information content (AvgIpc) is 2.14. The van der Waals surface area contributed by atoms with Gasteiger partial charge in [-0.2, -0.15) is 12.0 Å². The smallest absolute Gasteiger partial charge is 0.330 e. The molecule has 0 saturated heterocycles. The zero-order valence-electron chi connectivity index (χ0n) is 8.72. The van der Waals surface area contributed by atoms with Gasteiger partial charge >= 0.3 is 10.4 Å². The first-order valence-electron chi connectivity index (χ1n) is 5.05. The molecule has 5 nitrogen and oxygen atoms in total. The van der Waals surface area contributed by atoms with Crippen LogP contribution < -0.4 is 5.73 Å². The highest BCUT2D eigenvalue weighted by molar-refractivity contribution is 8.02. The monoisotopic (exact) mass is 257 g/mol. The molecule has 92 valence electrons. The molecule has 7 heteroatoms. The summed E-state index contributed by atoms with van der Waals surface area (Å²) >= 11 is 0.771. The third kappa shape index (κ3) is 14.2. The maximum absolute atomic E-state index is 10.1. The minimum Gasteiger partial charge on any atom is -0.330 e. The van der Waals surface area contributed by atoms with Crippen LogP contribution in [-0.2, 0) is 14.0 Å². The quantitative estimate of drug-likeness (QED) is 0.352. The van der Waals surface area contributed by atoms with Crippen LogP contribution in [0.15, 0.2) is 0 Å². The SMILES string of the molecule is NCCCCCCCCSOS(=O)(=O)O. The summed E-state index contributed by atoms with van der Waals surface area (Å²) in [6.45, 7) is 0.748. The molecule has 0 amide bonds. The van der Waals surface area contributed by atoms with Crippen molar-refractivity contribution in [2.45, 2.75) is 38.5 Å². The maximum Gasteiger partial charge on any atom is 0.408 e. The first-order chi connectivity index (χ1) is 7.06. The van der Waals surface area contributed by atoms with Gasteiger partial charge in [0.25, 0.3) is 0 Å². The van der Waals surface area contributed by atoms with Gasteiger partial charge in [0.05, 0.1) is 0 Å². The Kier molecular flexibility index (Phi) is 9.52. The third-order valence-electron chi connectivity index (χ3n) is 1.82. The number of nitrogens with two attached hydrogens (primary N) is 1. The van der Waals surface area contributed by atoms with Crippen LogP contribution in [0.1, 0.15) is 38.5 Å². The fourth-order valence-electron chi connectivity index (χ4n) is 1.11. The van der Waals surface area contributed by atoms with Crippen molar-refractivity contribution in [2.75, 3.05) is 12.3 Å². The Morgan fingerprint density at radius 1 is 1.07 bits per heavy atom. The standard InChI is InChI=1S/C8H19NO4S2/c9-7-5-3-1-2-4-6-8-14-13-15(10,11)12/h1-9H2,(H,10,11,12). The highest BCUT2D eigenvalue weighted by Crippen LogP contribution is 2.12. The van der Waals surface area contributed by atoms with Gasteiger partial charge in [-0.05, 0) is 19.4 Å². The molecular weight excluding hydrogens is 238 g/mol. The summed E-state index contributed by atoms with van der Waals surface area (Å²) in [5, 5.41) is 0. The molecule has 0 radical (unpaired) electrons. The number of rotatable bonds is 10. The van der Waals surface area contributed by atoms with Crippen molar-refractivity contribution in [2.24, 2.45) is 5.73 Å². The van der Waals surface area contributed by atoms with E-state index in [2.05, 4.69) is 3.63 Å². The molecule has 0 aliphatic heterocycles. The molecule has 0 aromatic carbocycles. The first kappa shape index (κ1) is 15.2. The van der Waals surface area contributed by atoms with Crippen molar-refractivity contribution in [3.63, 3.8) is 0 Å². The lowest BCUT2D eigenvalue weighted by Gasteiger charge is -2.00. The van der Waals surface area contributed by atoms with Gasteiger partial charge in [-0.3, -0.25) is 4.55 Å². The van der Waals surface area contributed by atoms with Gasteiger partial charge in [0.1, 0.15) is 0 Å². The highest BCUT2D eigenvalue weighted by Gasteiger charge is 2.03. The minimum absolute atomic E-state index is 0.580. The van der Waals surface area contributed by atoms with Gasteiger partial charge in [-0.15, -0.1) is 0 Å². The van der Waals surface area contributed by atoms with E-state index in [4.69, 9.17) is 10.3 Å². The van der Waals surface area contributed by atoms with Gasteiger partial charge in [-0.25, -0.2) is 0 Å². The van der Waals surface area contributed by atoms with E-state index in [1.54, 1.807) is 0 Å². The predicted molar refractivity (Wildman–Crippen MR) is 61.8 cm³/mol. The Bertz CT molecular complexity index is 231. The molecule has 0 saturated carbocycles. The summed E-state index contributed by atoms with van der Waals surface area (Å²) in [5.74, 6) is 0.580. The van der Waals surface area contributed by atoms with E-state index in [0.29, 0.717) is 5.75 Å². The summed E-state index contributed by atoms with van der Waals surface area (Å²) in [6.07, 6.45) is 6.47. The van der Waals surface area contributed by atoms with Crippen molar-refractivity contribution >= 4 is 22.4 Å². The molecule has 0 bridgehead atoms. The molecule has 0 aliphatic rings. The van der Waals surface area contributed by atoms with Crippen LogP contribution in [-0.4, -0.2) is 25.3 Å². The van der Waals surface area contributed by atoms with E-state index in [1.807, 2.05) is 0 Å². The van der Waals surface area contributed by atoms with Gasteiger partial charge in [0.2, 0.25) is 0 Å². The summed E-state index contributed by atoms with van der Waals surface area (Å²) in [5.41, 5.74) is 5.35. The number of unbranched alkanes of at least 4 members (excludes halogenated alkanes) is 5. The molecule has 0 aromatic heterocycles. The van der Waals surface area contributed by atoms with Crippen LogP contribution in [0, 0.1) is 0 Å². The molecule has 0 unspecified atom stereocenters. The summed E-state index contributed by atoms with van der Waals surface area (Å²) in [6, 6.07) is 0. The van der Waals surface area contributed by atoms with Crippen molar-refractivity contribution < 1.29 is 16.6 Å². The summed E-state index contributed by atoms with van der Waals surface area (Å²) < 4.78 is 32.6. The normalized spacial score (nSPS) is 11.9. The van der Waals surface area contributed by atoms with Gasteiger partial charge in [-0.1, -0.05) is 25.7 Å². The second-order valence-corrected chi connectivity index (χ2v) is 5.27. The topological polar surface area (TPSA) is 89.6 Å². The largest absolute Gasteiger partial charge is 0.408 e. The van der Waals surface area contributed by atoms with Crippen molar-refractivity contribution in [3.8, 4) is 0 Å². The Hall–Kier alpha value is 0.180. The Morgan fingerprint density at radius 2 is 1.60 bits per heavy atom. The third-order valence-corrected chi connectivity index (χ3v) is 3.34. The second-order valence-electron chi connectivity index (χ2n) is 3.23. The van der Waals surface area contributed by atoms with Gasteiger partial charge < -0.3 is 5.73 Å². The molecule has 15 heavy (non-hydrogen) atoms. The zero-order valence-corrected chi connectivity index (χ0v) is 10.4. The van der Waals surface area contributed by atoms with E-state index in [9.17, 15) is 8.42 Å². The number of hydrogen-bond acceptors (Lipinski definition) is 5. The van der Waals surface area contributed by atoms with Crippen molar-refractivity contribution in [1.82, 2.24) is 0 Å². The second kappa shape index (κ2) is 9.41. The molecule has 0 aliphatic carbocycles. The molecular formula is C8H19NO4S2. The van der Waals surface area contributed by atoms with Gasteiger partial charge in [0.15, 0.2) is 0 Å². The molecule has 0 heterocycles. The minimum atomic E-state index is -4.28. The van der Waals surface area contributed by atoms with Crippen LogP contribution >= 0.6 is 12.0 Å². The lowest BCUT2D eigenvalue weighted by atomic mass is 10.1. The van der Waals surface area contributed by atoms with E-state index < -0.39 is 10.4 Å². The number of hydrogen-bond donors (Lipinski definition) is 2. The molecule has 0 spiro atoms. The maximum atomic E-state index is 10.1. The van der Waals surface area contributed by atoms with E-state index in [1.165, 1.54) is 6.42 Å². The lowest BCUT2D eigenvalue weighted by molar-refractivity contribution is 0.407. The van der Waals surface area contributed by atoms with E-state index in [-0.39, 0.29) is 0 Å². The highest BCUT2D eigenvalue weighted by atomic mass is 32.3. The van der Waals surface area contributed by atoms with Crippen LogP contribution in [0.3, 0.4) is 0 Å². The summed E-state index contributed by atoms with van der Waals surface area (Å²) in [4.78, 5) is 0. The molecule has 0 fully saturated rings. The first-order valence-corrected chi connectivity index (χ1v) is 7.32. The zero-order chi connectivity index (χ0) is 11.6. The van der Waals surface area contributed by atoms with Gasteiger partial charge in [0, 0.05) is 17.8 Å². The van der Waals surface area contributed by atoms with Crippen LogP contribution in [0.25, 0.3) is 0 Å². The molecule has 0 rings (SSSR count). The summed E-state index contributed by atoms with van der Waals surface area (Å²) in [7, 11) is -4.28. The molecule has 3 N–H and O–H groups in total. The van der Waals surface area contributed by atoms with Crippen LogP contribution in [0.4, 0.5) is 0 Å². The average molecular weight is 257 g/mol. The fraction of sp³-hybridized carbons (Fsp3) is 1.00. The van der Waals surface area contributed by atoms with E-state index in [0.717, 1.165) is 50.7 Å². The van der Waals surface area contributed by atoms with Crippen LogP contribution in [0.2, 0.25) is 0 Å². The fourth-order valence-corrected chi connectivity index (χ4v) is 2.19. The van der Waals surface area contributed by atoms with Crippen molar-refractivity contribution in [1.29, 1.82) is 0 Å². The Morgan fingerprint density at radius 3 is 2.13 bits per heavy atom.